The fourth-order valence-corrected chi connectivity index (χ4v) is 4.32. The number of rotatable bonds is 8. The Balaban J connectivity index is 1.52. The molecule has 0 spiro atoms. The molecular formula is C31H26F2N4O5. The lowest BCUT2D eigenvalue weighted by atomic mass is 10.0. The lowest BCUT2D eigenvalue weighted by Crippen LogP contribution is -2.25. The highest BCUT2D eigenvalue weighted by molar-refractivity contribution is 6.05. The molecule has 42 heavy (non-hydrogen) atoms. The zero-order valence-corrected chi connectivity index (χ0v) is 23.1. The molecule has 0 saturated heterocycles. The zero-order chi connectivity index (χ0) is 30.0. The SMILES string of the molecule is COc1cc2nccc(Oc3cccnc3NC(=O)c3cn(C(C)C)cc(-c4ccc(F)c(F)c4)c3=O)c2cc1OC. The number of carbonyl (C=O) groups is 1. The number of halogens is 2. The van der Waals surface area contributed by atoms with Crippen LogP contribution in [0, 0.1) is 11.6 Å². The minimum Gasteiger partial charge on any atom is -0.493 e. The van der Waals surface area contributed by atoms with Gasteiger partial charge in [0.25, 0.3) is 5.91 Å². The van der Waals surface area contributed by atoms with Gasteiger partial charge in [-0.25, -0.2) is 13.8 Å². The largest absolute Gasteiger partial charge is 0.493 e. The highest BCUT2D eigenvalue weighted by Crippen LogP contribution is 2.38. The molecule has 0 aliphatic carbocycles. The van der Waals surface area contributed by atoms with Crippen molar-refractivity contribution in [2.45, 2.75) is 19.9 Å². The molecule has 0 aliphatic rings. The molecule has 0 aliphatic heterocycles. The number of amides is 1. The number of methoxy groups -OCH3 is 2. The molecule has 1 N–H and O–H groups in total. The predicted molar refractivity (Wildman–Crippen MR) is 154 cm³/mol. The number of nitrogens with one attached hydrogen (secondary N) is 1. The van der Waals surface area contributed by atoms with Gasteiger partial charge in [0.15, 0.2) is 34.7 Å². The van der Waals surface area contributed by atoms with E-state index in [9.17, 15) is 18.4 Å². The van der Waals surface area contributed by atoms with Crippen LogP contribution >= 0.6 is 0 Å². The Kier molecular flexibility index (Phi) is 7.83. The molecule has 0 atom stereocenters. The van der Waals surface area contributed by atoms with Crippen molar-refractivity contribution in [2.75, 3.05) is 19.5 Å². The van der Waals surface area contributed by atoms with Crippen LogP contribution in [0.2, 0.25) is 0 Å². The van der Waals surface area contributed by atoms with Crippen molar-refractivity contribution in [3.63, 3.8) is 0 Å². The van der Waals surface area contributed by atoms with E-state index in [0.717, 1.165) is 12.1 Å². The number of carbonyl (C=O) groups excluding carboxylic acids is 1. The summed E-state index contributed by atoms with van der Waals surface area (Å²) in [6, 6.07) is 11.3. The van der Waals surface area contributed by atoms with Crippen molar-refractivity contribution in [3.05, 3.63) is 101 Å². The molecule has 1 amide bonds. The highest BCUT2D eigenvalue weighted by Gasteiger charge is 2.20. The topological polar surface area (TPSA) is 105 Å². The fraction of sp³-hybridized carbons (Fsp3) is 0.161. The number of hydrogen-bond acceptors (Lipinski definition) is 7. The smallest absolute Gasteiger partial charge is 0.262 e. The first-order valence-electron chi connectivity index (χ1n) is 12.9. The van der Waals surface area contributed by atoms with Crippen LogP contribution in [0.5, 0.6) is 23.0 Å². The minimum absolute atomic E-state index is 0.0420. The third kappa shape index (κ3) is 5.49. The molecule has 3 heterocycles. The van der Waals surface area contributed by atoms with Crippen LogP contribution in [-0.4, -0.2) is 34.7 Å². The maximum Gasteiger partial charge on any atom is 0.262 e. The van der Waals surface area contributed by atoms with E-state index in [1.165, 1.54) is 38.9 Å². The molecule has 0 bridgehead atoms. The summed E-state index contributed by atoms with van der Waals surface area (Å²) in [7, 11) is 3.04. The van der Waals surface area contributed by atoms with Crippen LogP contribution in [0.1, 0.15) is 30.2 Å². The first kappa shape index (κ1) is 28.2. The second-order valence-corrected chi connectivity index (χ2v) is 9.52. The third-order valence-electron chi connectivity index (χ3n) is 6.55. The molecule has 0 saturated carbocycles. The van der Waals surface area contributed by atoms with Crippen molar-refractivity contribution in [3.8, 4) is 34.1 Å². The molecule has 5 aromatic rings. The van der Waals surface area contributed by atoms with Crippen molar-refractivity contribution in [2.24, 2.45) is 0 Å². The number of pyridine rings is 3. The number of anilines is 1. The lowest BCUT2D eigenvalue weighted by molar-refractivity contribution is 0.102. The van der Waals surface area contributed by atoms with E-state index in [0.29, 0.717) is 28.2 Å². The zero-order valence-electron chi connectivity index (χ0n) is 23.1. The van der Waals surface area contributed by atoms with E-state index in [1.54, 1.807) is 41.1 Å². The quantitative estimate of drug-likeness (QED) is 0.230. The summed E-state index contributed by atoms with van der Waals surface area (Å²) < 4.78 is 46.2. The van der Waals surface area contributed by atoms with Crippen LogP contribution in [0.4, 0.5) is 14.6 Å². The van der Waals surface area contributed by atoms with Gasteiger partial charge in [-0.15, -0.1) is 0 Å². The standard InChI is InChI=1S/C31H26F2N4O5/c1-17(2)37-15-20(18-7-8-22(32)23(33)12-18)29(38)21(16-37)31(39)36-30-26(6-5-10-35-30)42-25-9-11-34-24-14-28(41-4)27(40-3)13-19(24)25/h5-17H,1-4H3,(H,35,36,39). The van der Waals surface area contributed by atoms with Gasteiger partial charge in [0.1, 0.15) is 11.3 Å². The number of benzene rings is 2. The summed E-state index contributed by atoms with van der Waals surface area (Å²) >= 11 is 0. The molecule has 11 heteroatoms. The summed E-state index contributed by atoms with van der Waals surface area (Å²) in [6.45, 7) is 3.71. The van der Waals surface area contributed by atoms with Gasteiger partial charge in [-0.1, -0.05) is 6.07 Å². The molecule has 2 aromatic carbocycles. The maximum atomic E-state index is 14.0. The van der Waals surface area contributed by atoms with Gasteiger partial charge in [0, 0.05) is 47.8 Å². The second kappa shape index (κ2) is 11.7. The van der Waals surface area contributed by atoms with Crippen molar-refractivity contribution >= 4 is 22.6 Å². The number of ether oxygens (including phenoxy) is 3. The van der Waals surface area contributed by atoms with Gasteiger partial charge in [0.05, 0.1) is 19.7 Å². The van der Waals surface area contributed by atoms with Gasteiger partial charge in [-0.05, 0) is 55.8 Å². The molecule has 5 rings (SSSR count). The first-order valence-corrected chi connectivity index (χ1v) is 12.9. The molecule has 0 unspecified atom stereocenters. The van der Waals surface area contributed by atoms with Crippen molar-refractivity contribution in [1.82, 2.24) is 14.5 Å². The van der Waals surface area contributed by atoms with E-state index in [1.807, 2.05) is 13.8 Å². The first-order chi connectivity index (χ1) is 20.2. The summed E-state index contributed by atoms with van der Waals surface area (Å²) in [5.41, 5.74) is -0.103. The van der Waals surface area contributed by atoms with Gasteiger partial charge < -0.3 is 24.1 Å². The van der Waals surface area contributed by atoms with E-state index in [-0.39, 0.29) is 34.3 Å². The van der Waals surface area contributed by atoms with Crippen LogP contribution in [0.3, 0.4) is 0 Å². The number of hydrogen-bond donors (Lipinski definition) is 1. The number of aromatic nitrogens is 3. The van der Waals surface area contributed by atoms with Crippen molar-refractivity contribution in [1.29, 1.82) is 0 Å². The van der Waals surface area contributed by atoms with Crippen LogP contribution in [0.15, 0.2) is 78.1 Å². The van der Waals surface area contributed by atoms with E-state index >= 15 is 0 Å². The van der Waals surface area contributed by atoms with Gasteiger partial charge >= 0.3 is 0 Å². The van der Waals surface area contributed by atoms with Gasteiger partial charge in [0.2, 0.25) is 5.43 Å². The minimum atomic E-state index is -1.10. The fourth-order valence-electron chi connectivity index (χ4n) is 4.32. The molecule has 0 radical (unpaired) electrons. The number of nitrogens with zero attached hydrogens (tertiary/aromatic N) is 3. The van der Waals surface area contributed by atoms with Crippen LogP contribution in [0.25, 0.3) is 22.0 Å². The Hall–Kier alpha value is -5.32. The Morgan fingerprint density at radius 1 is 0.881 bits per heavy atom. The number of fused-ring (bicyclic) bond motifs is 1. The van der Waals surface area contributed by atoms with E-state index in [2.05, 4.69) is 15.3 Å². The predicted octanol–water partition coefficient (Wildman–Crippen LogP) is 6.38. The average molecular weight is 573 g/mol. The summed E-state index contributed by atoms with van der Waals surface area (Å²) in [6.07, 6.45) is 5.94. The average Bonchev–Trinajstić information content (AvgIpc) is 2.99. The molecule has 214 valence electrons. The summed E-state index contributed by atoms with van der Waals surface area (Å²) in [4.78, 5) is 35.6. The second-order valence-electron chi connectivity index (χ2n) is 9.52. The molecule has 0 fully saturated rings. The molecular weight excluding hydrogens is 546 g/mol. The monoisotopic (exact) mass is 572 g/mol. The van der Waals surface area contributed by atoms with Gasteiger partial charge in [-0.3, -0.25) is 14.6 Å². The lowest BCUT2D eigenvalue weighted by Gasteiger charge is -2.16. The van der Waals surface area contributed by atoms with E-state index in [4.69, 9.17) is 14.2 Å². The van der Waals surface area contributed by atoms with Crippen molar-refractivity contribution < 1.29 is 27.8 Å². The Labute approximate surface area is 239 Å². The van der Waals surface area contributed by atoms with Gasteiger partial charge in [-0.2, -0.15) is 0 Å². The third-order valence-corrected chi connectivity index (χ3v) is 6.55. The normalized spacial score (nSPS) is 11.0. The summed E-state index contributed by atoms with van der Waals surface area (Å²) in [5, 5.41) is 3.28. The Morgan fingerprint density at radius 2 is 1.64 bits per heavy atom. The van der Waals surface area contributed by atoms with E-state index < -0.39 is 23.0 Å². The molecule has 9 nitrogen and oxygen atoms in total. The Bertz CT molecular complexity index is 1870. The highest BCUT2D eigenvalue weighted by atomic mass is 19.2. The molecule has 3 aromatic heterocycles. The Morgan fingerprint density at radius 3 is 2.36 bits per heavy atom. The van der Waals surface area contributed by atoms with Crippen LogP contribution in [-0.2, 0) is 0 Å². The maximum absolute atomic E-state index is 14.0. The summed E-state index contributed by atoms with van der Waals surface area (Å²) in [5.74, 6) is -1.26. The van der Waals surface area contributed by atoms with Crippen LogP contribution < -0.4 is 25.0 Å².